The molecular formula is C20H15N5O3S. The molecule has 0 radical (unpaired) electrons. The van der Waals surface area contributed by atoms with Gasteiger partial charge in [-0.3, -0.25) is 9.89 Å². The van der Waals surface area contributed by atoms with Crippen LogP contribution in [0.4, 0.5) is 11.4 Å². The van der Waals surface area contributed by atoms with Gasteiger partial charge >= 0.3 is 11.5 Å². The van der Waals surface area contributed by atoms with Crippen LogP contribution in [0, 0.1) is 6.92 Å². The number of nitrogens with zero attached hydrogens (tertiary/aromatic N) is 4. The largest absolute Gasteiger partial charge is 0.478 e. The molecule has 0 aliphatic rings. The molecule has 2 N–H and O–H groups in total. The van der Waals surface area contributed by atoms with Crippen molar-refractivity contribution in [2.24, 2.45) is 10.2 Å². The number of thiazole rings is 1. The summed E-state index contributed by atoms with van der Waals surface area (Å²) in [5.41, 5.74) is 2.10. The maximum absolute atomic E-state index is 12.8. The number of nitrogens with one attached hydrogen (secondary N) is 1. The van der Waals surface area contributed by atoms with Gasteiger partial charge in [-0.25, -0.2) is 9.78 Å². The SMILES string of the molecule is Cc1[nH]n(-c2nc(-c3ccccc3)cs2)c(=O)c1N=Nc1ccccc1C(=O)O. The molecule has 2 aromatic heterocycles. The topological polar surface area (TPSA) is 113 Å². The van der Waals surface area contributed by atoms with E-state index in [2.05, 4.69) is 20.3 Å². The van der Waals surface area contributed by atoms with Crippen LogP contribution in [0.2, 0.25) is 0 Å². The van der Waals surface area contributed by atoms with Gasteiger partial charge in [-0.1, -0.05) is 42.5 Å². The second-order valence-electron chi connectivity index (χ2n) is 6.13. The van der Waals surface area contributed by atoms with E-state index in [1.807, 2.05) is 35.7 Å². The molecule has 0 amide bonds. The summed E-state index contributed by atoms with van der Waals surface area (Å²) in [4.78, 5) is 28.6. The number of aryl methyl sites for hydroxylation is 1. The van der Waals surface area contributed by atoms with Gasteiger partial charge in [0, 0.05) is 10.9 Å². The fourth-order valence-corrected chi connectivity index (χ4v) is 3.54. The number of azo groups is 1. The van der Waals surface area contributed by atoms with Crippen molar-refractivity contribution < 1.29 is 9.90 Å². The third-order valence-electron chi connectivity index (χ3n) is 4.19. The van der Waals surface area contributed by atoms with E-state index in [1.165, 1.54) is 28.2 Å². The highest BCUT2D eigenvalue weighted by Gasteiger charge is 2.16. The summed E-state index contributed by atoms with van der Waals surface area (Å²) in [5.74, 6) is -1.11. The molecule has 0 saturated carbocycles. The molecule has 0 atom stereocenters. The van der Waals surface area contributed by atoms with Crippen molar-refractivity contribution in [2.75, 3.05) is 0 Å². The summed E-state index contributed by atoms with van der Waals surface area (Å²) < 4.78 is 1.31. The number of carboxylic acids is 1. The number of rotatable bonds is 5. The maximum Gasteiger partial charge on any atom is 0.337 e. The molecule has 0 aliphatic heterocycles. The van der Waals surface area contributed by atoms with Gasteiger partial charge in [0.1, 0.15) is 5.69 Å². The molecule has 0 bridgehead atoms. The predicted molar refractivity (Wildman–Crippen MR) is 110 cm³/mol. The lowest BCUT2D eigenvalue weighted by atomic mass is 10.2. The first-order valence-electron chi connectivity index (χ1n) is 8.61. The van der Waals surface area contributed by atoms with Crippen LogP contribution in [0.1, 0.15) is 16.1 Å². The van der Waals surface area contributed by atoms with Gasteiger partial charge in [-0.2, -0.15) is 4.68 Å². The zero-order valence-electron chi connectivity index (χ0n) is 15.2. The standard InChI is InChI=1S/C20H15N5O3S/c1-12-17(23-22-15-10-6-5-9-14(15)19(27)28)18(26)25(24-12)20-21-16(11-29-20)13-7-3-2-4-8-13/h2-11,24H,1H3,(H,27,28). The molecule has 0 spiro atoms. The minimum atomic E-state index is -1.11. The predicted octanol–water partition coefficient (Wildman–Crippen LogP) is 4.71. The second kappa shape index (κ2) is 7.64. The van der Waals surface area contributed by atoms with Crippen molar-refractivity contribution in [3.8, 4) is 16.4 Å². The molecule has 9 heteroatoms. The Labute approximate surface area is 168 Å². The van der Waals surface area contributed by atoms with E-state index in [-0.39, 0.29) is 16.9 Å². The Morgan fingerprint density at radius 3 is 2.59 bits per heavy atom. The van der Waals surface area contributed by atoms with Crippen LogP contribution in [0.25, 0.3) is 16.4 Å². The number of aromatic amines is 1. The Balaban J connectivity index is 1.69. The summed E-state index contributed by atoms with van der Waals surface area (Å²) in [5, 5.41) is 22.5. The number of aromatic carboxylic acids is 1. The number of H-pyrrole nitrogens is 1. The molecular weight excluding hydrogens is 390 g/mol. The lowest BCUT2D eigenvalue weighted by Gasteiger charge is -1.97. The van der Waals surface area contributed by atoms with Crippen LogP contribution in [0.15, 0.2) is 75.0 Å². The van der Waals surface area contributed by atoms with Crippen LogP contribution >= 0.6 is 11.3 Å². The maximum atomic E-state index is 12.8. The van der Waals surface area contributed by atoms with Crippen molar-refractivity contribution in [2.45, 2.75) is 6.92 Å². The minimum absolute atomic E-state index is 0.0113. The van der Waals surface area contributed by atoms with E-state index in [9.17, 15) is 14.7 Å². The van der Waals surface area contributed by atoms with Gasteiger partial charge in [0.15, 0.2) is 5.69 Å². The van der Waals surface area contributed by atoms with E-state index in [4.69, 9.17) is 0 Å². The van der Waals surface area contributed by atoms with E-state index < -0.39 is 11.5 Å². The molecule has 0 aliphatic carbocycles. The van der Waals surface area contributed by atoms with Crippen molar-refractivity contribution >= 4 is 28.7 Å². The van der Waals surface area contributed by atoms with E-state index in [0.717, 1.165) is 11.3 Å². The third kappa shape index (κ3) is 3.63. The summed E-state index contributed by atoms with van der Waals surface area (Å²) >= 11 is 1.33. The van der Waals surface area contributed by atoms with E-state index >= 15 is 0 Å². The lowest BCUT2D eigenvalue weighted by molar-refractivity contribution is 0.0697. The monoisotopic (exact) mass is 405 g/mol. The fraction of sp³-hybridized carbons (Fsp3) is 0.0500. The summed E-state index contributed by atoms with van der Waals surface area (Å²) in [7, 11) is 0. The number of carbonyl (C=O) groups is 1. The van der Waals surface area contributed by atoms with E-state index in [1.54, 1.807) is 19.1 Å². The molecule has 0 saturated heterocycles. The van der Waals surface area contributed by atoms with Crippen LogP contribution in [0.5, 0.6) is 0 Å². The number of carboxylic acid groups (broad SMARTS) is 1. The van der Waals surface area contributed by atoms with Crippen LogP contribution in [-0.2, 0) is 0 Å². The highest BCUT2D eigenvalue weighted by atomic mass is 32.1. The average Bonchev–Trinajstić information content (AvgIpc) is 3.32. The van der Waals surface area contributed by atoms with Crippen LogP contribution < -0.4 is 5.56 Å². The van der Waals surface area contributed by atoms with Gasteiger partial charge in [-0.15, -0.1) is 21.6 Å². The van der Waals surface area contributed by atoms with Gasteiger partial charge < -0.3 is 5.11 Å². The summed E-state index contributed by atoms with van der Waals surface area (Å²) in [6.45, 7) is 1.70. The highest BCUT2D eigenvalue weighted by molar-refractivity contribution is 7.12. The Kier molecular flexibility index (Phi) is 4.88. The molecule has 8 nitrogen and oxygen atoms in total. The van der Waals surface area contributed by atoms with Gasteiger partial charge in [-0.05, 0) is 19.1 Å². The molecule has 4 rings (SSSR count). The van der Waals surface area contributed by atoms with Gasteiger partial charge in [0.2, 0.25) is 5.13 Å². The first kappa shape index (κ1) is 18.5. The summed E-state index contributed by atoms with van der Waals surface area (Å²) in [6.07, 6.45) is 0. The normalized spacial score (nSPS) is 11.2. The highest BCUT2D eigenvalue weighted by Crippen LogP contribution is 2.25. The quantitative estimate of drug-likeness (QED) is 0.468. The molecule has 2 heterocycles. The second-order valence-corrected chi connectivity index (χ2v) is 6.97. The first-order chi connectivity index (χ1) is 14.0. The van der Waals surface area contributed by atoms with Gasteiger partial charge in [0.25, 0.3) is 0 Å². The number of hydrogen-bond donors (Lipinski definition) is 2. The first-order valence-corrected chi connectivity index (χ1v) is 9.49. The number of aromatic nitrogens is 3. The third-order valence-corrected chi connectivity index (χ3v) is 5.01. The number of hydrogen-bond acceptors (Lipinski definition) is 6. The Bertz CT molecular complexity index is 1270. The van der Waals surface area contributed by atoms with Crippen molar-refractivity contribution in [1.82, 2.24) is 14.8 Å². The molecule has 29 heavy (non-hydrogen) atoms. The Hall–Kier alpha value is -3.85. The van der Waals surface area contributed by atoms with Gasteiger partial charge in [0.05, 0.1) is 17.0 Å². The molecule has 0 unspecified atom stereocenters. The van der Waals surface area contributed by atoms with Crippen molar-refractivity contribution in [1.29, 1.82) is 0 Å². The van der Waals surface area contributed by atoms with E-state index in [0.29, 0.717) is 10.8 Å². The fourth-order valence-electron chi connectivity index (χ4n) is 2.74. The van der Waals surface area contributed by atoms with Crippen LogP contribution in [0.3, 0.4) is 0 Å². The Morgan fingerprint density at radius 1 is 1.10 bits per heavy atom. The van der Waals surface area contributed by atoms with Crippen molar-refractivity contribution in [3.63, 3.8) is 0 Å². The Morgan fingerprint density at radius 2 is 1.83 bits per heavy atom. The molecule has 4 aromatic rings. The molecule has 0 fully saturated rings. The molecule has 2 aromatic carbocycles. The molecule has 144 valence electrons. The lowest BCUT2D eigenvalue weighted by Crippen LogP contribution is -2.13. The summed E-state index contributed by atoms with van der Waals surface area (Å²) in [6, 6.07) is 15.9. The number of benzene rings is 2. The zero-order chi connectivity index (χ0) is 20.4. The zero-order valence-corrected chi connectivity index (χ0v) is 16.1. The minimum Gasteiger partial charge on any atom is -0.478 e. The average molecular weight is 405 g/mol. The van der Waals surface area contributed by atoms with Crippen molar-refractivity contribution in [3.05, 3.63) is 81.6 Å². The smallest absolute Gasteiger partial charge is 0.337 e. The van der Waals surface area contributed by atoms with Crippen LogP contribution in [-0.4, -0.2) is 25.8 Å².